The summed E-state index contributed by atoms with van der Waals surface area (Å²) in [6.07, 6.45) is 6.87. The van der Waals surface area contributed by atoms with Crippen LogP contribution in [0.2, 0.25) is 10.0 Å². The molecule has 1 aliphatic carbocycles. The molecule has 170 valence electrons. The molecule has 1 fully saturated rings. The lowest BCUT2D eigenvalue weighted by atomic mass is 9.96. The number of aryl methyl sites for hydroxylation is 1. The van der Waals surface area contributed by atoms with E-state index >= 15 is 0 Å². The number of hydrogen-bond acceptors (Lipinski definition) is 4. The van der Waals surface area contributed by atoms with Crippen molar-refractivity contribution in [1.82, 2.24) is 14.8 Å². The molecule has 33 heavy (non-hydrogen) atoms. The Kier molecular flexibility index (Phi) is 6.23. The molecule has 1 N–H and O–H groups in total. The van der Waals surface area contributed by atoms with Gasteiger partial charge < -0.3 is 4.90 Å². The highest BCUT2D eigenvalue weighted by atomic mass is 35.5. The van der Waals surface area contributed by atoms with Crippen LogP contribution in [-0.2, 0) is 24.1 Å². The number of halogens is 2. The van der Waals surface area contributed by atoms with E-state index in [1.165, 1.54) is 23.5 Å². The van der Waals surface area contributed by atoms with Gasteiger partial charge in [-0.3, -0.25) is 19.9 Å². The molecule has 0 bridgehead atoms. The summed E-state index contributed by atoms with van der Waals surface area (Å²) in [5, 5.41) is 10.9. The molecule has 5 rings (SSSR count). The molecule has 2 aliphatic rings. The number of pyridine rings is 2. The molecule has 1 unspecified atom stereocenters. The molecule has 1 atom stereocenters. The SMILES string of the molecule is O=C(Cc1cc[n+](O)cc1)N1CCN(C2c3ccc(Cl)cc3CCc3c(Cl)ccnc32)CC1. The number of benzene rings is 1. The van der Waals surface area contributed by atoms with E-state index in [0.717, 1.165) is 57.5 Å². The maximum Gasteiger partial charge on any atom is 0.227 e. The van der Waals surface area contributed by atoms with Gasteiger partial charge in [-0.2, -0.15) is 0 Å². The van der Waals surface area contributed by atoms with Gasteiger partial charge in [0.05, 0.1) is 18.2 Å². The predicted molar refractivity (Wildman–Crippen MR) is 126 cm³/mol. The number of carbonyl (C=O) groups excluding carboxylic acids is 1. The van der Waals surface area contributed by atoms with Crippen molar-refractivity contribution in [3.63, 3.8) is 0 Å². The third-order valence-electron chi connectivity index (χ3n) is 6.61. The normalized spacial score (nSPS) is 18.4. The Morgan fingerprint density at radius 1 is 1.06 bits per heavy atom. The van der Waals surface area contributed by atoms with Crippen LogP contribution >= 0.6 is 23.2 Å². The number of fused-ring (bicyclic) bond motifs is 2. The fraction of sp³-hybridized carbons (Fsp3) is 0.320. The Morgan fingerprint density at radius 3 is 2.58 bits per heavy atom. The second-order valence-electron chi connectivity index (χ2n) is 8.58. The molecule has 3 heterocycles. The summed E-state index contributed by atoms with van der Waals surface area (Å²) in [6.45, 7) is 2.80. The molecule has 0 radical (unpaired) electrons. The van der Waals surface area contributed by atoms with E-state index < -0.39 is 0 Å². The van der Waals surface area contributed by atoms with Crippen LogP contribution < -0.4 is 4.73 Å². The van der Waals surface area contributed by atoms with Gasteiger partial charge in [0.25, 0.3) is 0 Å². The number of piperazine rings is 1. The molecule has 3 aromatic rings. The molecule has 8 heteroatoms. The number of hydrogen-bond donors (Lipinski definition) is 1. The van der Waals surface area contributed by atoms with Crippen molar-refractivity contribution in [1.29, 1.82) is 0 Å². The first-order valence-electron chi connectivity index (χ1n) is 11.1. The highest BCUT2D eigenvalue weighted by molar-refractivity contribution is 6.31. The van der Waals surface area contributed by atoms with Crippen LogP contribution in [0.5, 0.6) is 0 Å². The zero-order valence-electron chi connectivity index (χ0n) is 18.1. The molecular formula is C25H25Cl2N4O2+. The van der Waals surface area contributed by atoms with E-state index in [0.29, 0.717) is 19.5 Å². The molecule has 1 saturated heterocycles. The summed E-state index contributed by atoms with van der Waals surface area (Å²) in [7, 11) is 0. The number of aromatic nitrogens is 2. The molecular weight excluding hydrogens is 459 g/mol. The van der Waals surface area contributed by atoms with Crippen LogP contribution in [0.25, 0.3) is 0 Å². The van der Waals surface area contributed by atoms with Gasteiger partial charge in [0, 0.05) is 59.3 Å². The van der Waals surface area contributed by atoms with Crippen LogP contribution in [0.3, 0.4) is 0 Å². The average molecular weight is 484 g/mol. The molecule has 1 amide bonds. The van der Waals surface area contributed by atoms with Crippen molar-refractivity contribution in [2.45, 2.75) is 25.3 Å². The van der Waals surface area contributed by atoms with Gasteiger partial charge in [-0.1, -0.05) is 29.3 Å². The number of nitrogens with zero attached hydrogens (tertiary/aromatic N) is 4. The number of rotatable bonds is 3. The maximum atomic E-state index is 12.9. The van der Waals surface area contributed by atoms with Crippen molar-refractivity contribution in [3.05, 3.63) is 93.0 Å². The zero-order chi connectivity index (χ0) is 22.9. The van der Waals surface area contributed by atoms with Gasteiger partial charge in [0.1, 0.15) is 0 Å². The molecule has 6 nitrogen and oxygen atoms in total. The smallest absolute Gasteiger partial charge is 0.227 e. The lowest BCUT2D eigenvalue weighted by Crippen LogP contribution is -2.50. The fourth-order valence-electron chi connectivity index (χ4n) is 4.88. The summed E-state index contributed by atoms with van der Waals surface area (Å²) in [4.78, 5) is 22.0. The molecule has 0 spiro atoms. The molecule has 1 aromatic carbocycles. The monoisotopic (exact) mass is 483 g/mol. The van der Waals surface area contributed by atoms with Crippen molar-refractivity contribution in [2.75, 3.05) is 26.2 Å². The largest absolute Gasteiger partial charge is 0.340 e. The van der Waals surface area contributed by atoms with Crippen molar-refractivity contribution >= 4 is 29.1 Å². The Labute approximate surface area is 203 Å². The molecule has 1 aliphatic heterocycles. The van der Waals surface area contributed by atoms with Crippen molar-refractivity contribution < 1.29 is 14.7 Å². The van der Waals surface area contributed by atoms with Gasteiger partial charge >= 0.3 is 0 Å². The number of amides is 1. The lowest BCUT2D eigenvalue weighted by Gasteiger charge is -2.40. The highest BCUT2D eigenvalue weighted by Crippen LogP contribution is 2.39. The van der Waals surface area contributed by atoms with Crippen LogP contribution in [-0.4, -0.2) is 52.1 Å². The minimum atomic E-state index is -0.0140. The minimum absolute atomic E-state index is 0.0140. The summed E-state index contributed by atoms with van der Waals surface area (Å²) in [5.74, 6) is 0.0972. The quantitative estimate of drug-likeness (QED) is 0.457. The Bertz CT molecular complexity index is 1180. The Balaban J connectivity index is 1.37. The maximum absolute atomic E-state index is 12.9. The standard InChI is InChI=1S/C25H25Cl2N4O2/c26-19-2-4-20-18(16-19)1-3-21-22(27)5-8-28-24(21)25(20)30-13-11-29(12-14-30)23(32)15-17-6-9-31(33)10-7-17/h2,4-10,16,25,33H,1,3,11-15H2/q+1. The van der Waals surface area contributed by atoms with E-state index in [-0.39, 0.29) is 11.9 Å². The second-order valence-corrected chi connectivity index (χ2v) is 9.43. The topological polar surface area (TPSA) is 60.6 Å². The molecule has 2 aromatic heterocycles. The predicted octanol–water partition coefficient (Wildman–Crippen LogP) is 3.49. The van der Waals surface area contributed by atoms with Crippen LogP contribution in [0.15, 0.2) is 55.0 Å². The minimum Gasteiger partial charge on any atom is -0.340 e. The van der Waals surface area contributed by atoms with Gasteiger partial charge in [0.2, 0.25) is 18.3 Å². The fourth-order valence-corrected chi connectivity index (χ4v) is 5.33. The lowest BCUT2D eigenvalue weighted by molar-refractivity contribution is -0.904. The van der Waals surface area contributed by atoms with Crippen molar-refractivity contribution in [3.8, 4) is 0 Å². The summed E-state index contributed by atoms with van der Waals surface area (Å²) < 4.78 is 0.975. The van der Waals surface area contributed by atoms with Gasteiger partial charge in [0.15, 0.2) is 0 Å². The second kappa shape index (κ2) is 9.29. The van der Waals surface area contributed by atoms with Gasteiger partial charge in [-0.05, 0) is 53.3 Å². The first-order chi connectivity index (χ1) is 16.0. The van der Waals surface area contributed by atoms with E-state index in [2.05, 4.69) is 17.0 Å². The summed E-state index contributed by atoms with van der Waals surface area (Å²) in [6, 6.07) is 11.5. The number of carbonyl (C=O) groups is 1. The van der Waals surface area contributed by atoms with Crippen LogP contribution in [0.4, 0.5) is 0 Å². The Hall–Kier alpha value is -2.67. The van der Waals surface area contributed by atoms with Crippen molar-refractivity contribution in [2.24, 2.45) is 0 Å². The first-order valence-corrected chi connectivity index (χ1v) is 11.9. The van der Waals surface area contributed by atoms with Crippen LogP contribution in [0, 0.1) is 0 Å². The zero-order valence-corrected chi connectivity index (χ0v) is 19.6. The molecule has 0 saturated carbocycles. The van der Waals surface area contributed by atoms with E-state index in [4.69, 9.17) is 28.2 Å². The van der Waals surface area contributed by atoms with Gasteiger partial charge in [-0.25, -0.2) is 0 Å². The van der Waals surface area contributed by atoms with Crippen LogP contribution in [0.1, 0.15) is 34.0 Å². The summed E-state index contributed by atoms with van der Waals surface area (Å²) in [5.41, 5.74) is 5.43. The third-order valence-corrected chi connectivity index (χ3v) is 7.19. The first kappa shape index (κ1) is 22.1. The summed E-state index contributed by atoms with van der Waals surface area (Å²) >= 11 is 12.9. The highest BCUT2D eigenvalue weighted by Gasteiger charge is 2.33. The third kappa shape index (κ3) is 4.56. The Morgan fingerprint density at radius 2 is 1.82 bits per heavy atom. The van der Waals surface area contributed by atoms with E-state index in [1.807, 2.05) is 17.0 Å². The van der Waals surface area contributed by atoms with Gasteiger partial charge in [-0.15, -0.1) is 0 Å². The van der Waals surface area contributed by atoms with E-state index in [9.17, 15) is 10.0 Å². The average Bonchev–Trinajstić information content (AvgIpc) is 2.98. The van der Waals surface area contributed by atoms with E-state index in [1.54, 1.807) is 18.3 Å².